The molecule has 3 rings (SSSR count). The Balaban J connectivity index is 1.83. The summed E-state index contributed by atoms with van der Waals surface area (Å²) in [6, 6.07) is 23.4. The number of nitrogens with one attached hydrogen (secondary N) is 1. The van der Waals surface area contributed by atoms with Crippen LogP contribution in [0.25, 0.3) is 0 Å². The van der Waals surface area contributed by atoms with E-state index in [1.165, 1.54) is 17.7 Å². The molecular weight excluding hydrogens is 439 g/mol. The van der Waals surface area contributed by atoms with Crippen molar-refractivity contribution in [3.63, 3.8) is 0 Å². The third-order valence-electron chi connectivity index (χ3n) is 6.23. The number of benzene rings is 3. The van der Waals surface area contributed by atoms with Gasteiger partial charge in [-0.3, -0.25) is 9.59 Å². The largest absolute Gasteiger partial charge is 0.357 e. The summed E-state index contributed by atoms with van der Waals surface area (Å²) in [5.74, 6) is -0.671. The zero-order valence-electron chi connectivity index (χ0n) is 21.1. The van der Waals surface area contributed by atoms with Crippen LogP contribution in [-0.2, 0) is 34.4 Å². The number of amides is 2. The first-order chi connectivity index (χ1) is 16.7. The molecule has 4 nitrogen and oxygen atoms in total. The van der Waals surface area contributed by atoms with Gasteiger partial charge in [0.05, 0.1) is 0 Å². The van der Waals surface area contributed by atoms with E-state index in [2.05, 4.69) is 50.4 Å². The second kappa shape index (κ2) is 11.8. The lowest BCUT2D eigenvalue weighted by atomic mass is 9.86. The highest BCUT2D eigenvalue weighted by atomic mass is 19.1. The van der Waals surface area contributed by atoms with Crippen molar-refractivity contribution in [3.05, 3.63) is 107 Å². The smallest absolute Gasteiger partial charge is 0.242 e. The maximum Gasteiger partial charge on any atom is 0.242 e. The summed E-state index contributed by atoms with van der Waals surface area (Å²) in [4.78, 5) is 28.1. The standard InChI is InChI=1S/C30H35FN2O2/c1-30(2,3)25-15-10-22(11-16-25)14-19-28(34)33(21-24-12-17-26(31)18-13-24)27(29(35)32-4)20-23-8-6-5-7-9-23/h5-13,15-18,27H,14,19-21H2,1-4H3,(H,32,35)/t27-/m0/s1. The number of likely N-dealkylation sites (N-methyl/N-ethyl adjacent to an activating group) is 1. The monoisotopic (exact) mass is 474 g/mol. The molecule has 0 aliphatic carbocycles. The molecule has 3 aromatic rings. The maximum absolute atomic E-state index is 13.5. The SMILES string of the molecule is CNC(=O)[C@H](Cc1ccccc1)N(Cc1ccc(F)cc1)C(=O)CCc1ccc(C(C)(C)C)cc1. The quantitative estimate of drug-likeness (QED) is 0.449. The number of carbonyl (C=O) groups is 2. The fourth-order valence-corrected chi connectivity index (χ4v) is 4.07. The molecule has 0 heterocycles. The molecule has 0 unspecified atom stereocenters. The average molecular weight is 475 g/mol. The van der Waals surface area contributed by atoms with Crippen molar-refractivity contribution in [1.29, 1.82) is 0 Å². The number of nitrogens with zero attached hydrogens (tertiary/aromatic N) is 1. The topological polar surface area (TPSA) is 49.4 Å². The summed E-state index contributed by atoms with van der Waals surface area (Å²) in [6.45, 7) is 6.74. The second-order valence-corrected chi connectivity index (χ2v) is 9.91. The number of halogens is 1. The third-order valence-corrected chi connectivity index (χ3v) is 6.23. The minimum atomic E-state index is -0.678. The minimum absolute atomic E-state index is 0.0679. The van der Waals surface area contributed by atoms with E-state index in [1.54, 1.807) is 24.1 Å². The van der Waals surface area contributed by atoms with Crippen LogP contribution in [0.3, 0.4) is 0 Å². The van der Waals surface area contributed by atoms with Gasteiger partial charge < -0.3 is 10.2 Å². The molecule has 35 heavy (non-hydrogen) atoms. The van der Waals surface area contributed by atoms with Gasteiger partial charge in [-0.2, -0.15) is 0 Å². The van der Waals surface area contributed by atoms with Gasteiger partial charge in [0.15, 0.2) is 0 Å². The van der Waals surface area contributed by atoms with Crippen LogP contribution < -0.4 is 5.32 Å². The Bertz CT molecular complexity index is 1100. The summed E-state index contributed by atoms with van der Waals surface area (Å²) in [7, 11) is 1.58. The number of carbonyl (C=O) groups excluding carboxylic acids is 2. The first-order valence-electron chi connectivity index (χ1n) is 12.1. The fourth-order valence-electron chi connectivity index (χ4n) is 4.07. The van der Waals surface area contributed by atoms with Crippen molar-refractivity contribution < 1.29 is 14.0 Å². The molecule has 0 aliphatic rings. The third kappa shape index (κ3) is 7.51. The lowest BCUT2D eigenvalue weighted by Gasteiger charge is -2.31. The van der Waals surface area contributed by atoms with Crippen LogP contribution >= 0.6 is 0 Å². The van der Waals surface area contributed by atoms with E-state index in [0.717, 1.165) is 16.7 Å². The minimum Gasteiger partial charge on any atom is -0.357 e. The predicted molar refractivity (Wildman–Crippen MR) is 138 cm³/mol. The normalized spacial score (nSPS) is 12.1. The van der Waals surface area contributed by atoms with Crippen molar-refractivity contribution in [2.45, 2.75) is 58.0 Å². The number of rotatable bonds is 9. The van der Waals surface area contributed by atoms with Crippen LogP contribution in [0.2, 0.25) is 0 Å². The van der Waals surface area contributed by atoms with Crippen LogP contribution in [0.1, 0.15) is 49.4 Å². The van der Waals surface area contributed by atoms with Gasteiger partial charge >= 0.3 is 0 Å². The van der Waals surface area contributed by atoms with Gasteiger partial charge in [0, 0.05) is 26.4 Å². The van der Waals surface area contributed by atoms with Crippen molar-refractivity contribution in [3.8, 4) is 0 Å². The van der Waals surface area contributed by atoms with E-state index in [9.17, 15) is 14.0 Å². The molecule has 5 heteroatoms. The Morgan fingerprint density at radius 3 is 2.03 bits per heavy atom. The summed E-state index contributed by atoms with van der Waals surface area (Å²) in [6.07, 6.45) is 1.25. The van der Waals surface area contributed by atoms with Crippen LogP contribution in [0, 0.1) is 5.82 Å². The Morgan fingerprint density at radius 2 is 1.46 bits per heavy atom. The van der Waals surface area contributed by atoms with Crippen molar-refractivity contribution in [2.24, 2.45) is 0 Å². The van der Waals surface area contributed by atoms with Crippen LogP contribution in [-0.4, -0.2) is 29.8 Å². The predicted octanol–water partition coefficient (Wildman–Crippen LogP) is 5.44. The Morgan fingerprint density at radius 1 is 0.857 bits per heavy atom. The zero-order chi connectivity index (χ0) is 25.4. The summed E-state index contributed by atoms with van der Waals surface area (Å²) in [5, 5.41) is 2.72. The lowest BCUT2D eigenvalue weighted by Crippen LogP contribution is -2.49. The lowest BCUT2D eigenvalue weighted by molar-refractivity contribution is -0.141. The molecule has 0 radical (unpaired) electrons. The van der Waals surface area contributed by atoms with Gasteiger partial charge in [-0.05, 0) is 46.2 Å². The molecule has 0 bridgehead atoms. The molecule has 2 amide bonds. The first kappa shape index (κ1) is 26.1. The Hall–Kier alpha value is -3.47. The van der Waals surface area contributed by atoms with Gasteiger partial charge in [-0.25, -0.2) is 4.39 Å². The van der Waals surface area contributed by atoms with Crippen LogP contribution in [0.4, 0.5) is 4.39 Å². The van der Waals surface area contributed by atoms with E-state index < -0.39 is 6.04 Å². The van der Waals surface area contributed by atoms with Gasteiger partial charge in [-0.1, -0.05) is 87.5 Å². The maximum atomic E-state index is 13.5. The summed E-state index contributed by atoms with van der Waals surface area (Å²) in [5.41, 5.74) is 4.13. The molecule has 0 aliphatic heterocycles. The number of aryl methyl sites for hydroxylation is 1. The number of hydrogen-bond donors (Lipinski definition) is 1. The van der Waals surface area contributed by atoms with Gasteiger partial charge in [0.25, 0.3) is 0 Å². The highest BCUT2D eigenvalue weighted by Crippen LogP contribution is 2.23. The molecule has 0 spiro atoms. The Labute approximate surface area is 208 Å². The van der Waals surface area contributed by atoms with E-state index in [1.807, 2.05) is 30.3 Å². The molecule has 0 saturated carbocycles. The van der Waals surface area contributed by atoms with Gasteiger partial charge in [0.1, 0.15) is 11.9 Å². The van der Waals surface area contributed by atoms with E-state index >= 15 is 0 Å². The highest BCUT2D eigenvalue weighted by molar-refractivity contribution is 5.88. The van der Waals surface area contributed by atoms with Crippen molar-refractivity contribution in [2.75, 3.05) is 7.05 Å². The van der Waals surface area contributed by atoms with Crippen molar-refractivity contribution in [1.82, 2.24) is 10.2 Å². The van der Waals surface area contributed by atoms with Crippen LogP contribution in [0.15, 0.2) is 78.9 Å². The van der Waals surface area contributed by atoms with E-state index in [-0.39, 0.29) is 36.0 Å². The fraction of sp³-hybridized carbons (Fsp3) is 0.333. The molecule has 0 saturated heterocycles. The molecule has 0 aromatic heterocycles. The average Bonchev–Trinajstić information content (AvgIpc) is 2.85. The van der Waals surface area contributed by atoms with E-state index in [0.29, 0.717) is 12.8 Å². The molecule has 3 aromatic carbocycles. The Kier molecular flexibility index (Phi) is 8.80. The molecular formula is C30H35FN2O2. The summed E-state index contributed by atoms with van der Waals surface area (Å²) >= 11 is 0. The van der Waals surface area contributed by atoms with Gasteiger partial charge in [0.2, 0.25) is 11.8 Å². The van der Waals surface area contributed by atoms with E-state index in [4.69, 9.17) is 0 Å². The highest BCUT2D eigenvalue weighted by Gasteiger charge is 2.29. The second-order valence-electron chi connectivity index (χ2n) is 9.91. The first-order valence-corrected chi connectivity index (χ1v) is 12.1. The van der Waals surface area contributed by atoms with Crippen LogP contribution in [0.5, 0.6) is 0 Å². The number of hydrogen-bond acceptors (Lipinski definition) is 2. The van der Waals surface area contributed by atoms with Crippen molar-refractivity contribution >= 4 is 11.8 Å². The zero-order valence-corrected chi connectivity index (χ0v) is 21.1. The molecule has 184 valence electrons. The molecule has 1 atom stereocenters. The molecule has 1 N–H and O–H groups in total. The molecule has 0 fully saturated rings. The van der Waals surface area contributed by atoms with Gasteiger partial charge in [-0.15, -0.1) is 0 Å². The summed E-state index contributed by atoms with van der Waals surface area (Å²) < 4.78 is 13.5.